The molecule has 0 aliphatic carbocycles. The van der Waals surface area contributed by atoms with Crippen molar-refractivity contribution >= 4 is 58.0 Å². The predicted octanol–water partition coefficient (Wildman–Crippen LogP) is 5.78. The molecule has 0 radical (unpaired) electrons. The monoisotopic (exact) mass is 497 g/mol. The Morgan fingerprint density at radius 1 is 0.941 bits per heavy atom. The SMILES string of the molecule is Cc1cc(C)c(NC(=O)c2ccc(NC3=C(Cl)C(=O)N(c4ccccc4F)C3=O)cc2)c(Cl)c1. The quantitative estimate of drug-likeness (QED) is 0.437. The lowest BCUT2D eigenvalue weighted by Crippen LogP contribution is -2.33. The molecule has 3 aromatic rings. The minimum Gasteiger partial charge on any atom is -0.350 e. The van der Waals surface area contributed by atoms with Crippen LogP contribution in [0.3, 0.4) is 0 Å². The van der Waals surface area contributed by atoms with E-state index in [0.29, 0.717) is 26.9 Å². The maximum Gasteiger partial charge on any atom is 0.283 e. The van der Waals surface area contributed by atoms with E-state index in [0.717, 1.165) is 17.2 Å². The second-order valence-corrected chi connectivity index (χ2v) is 8.47. The van der Waals surface area contributed by atoms with E-state index in [2.05, 4.69) is 10.6 Å². The molecule has 0 fully saturated rings. The minimum absolute atomic E-state index is 0.186. The number of nitrogens with zero attached hydrogens (tertiary/aromatic N) is 1. The lowest BCUT2D eigenvalue weighted by atomic mass is 10.1. The van der Waals surface area contributed by atoms with Gasteiger partial charge in [-0.05, 0) is 67.4 Å². The summed E-state index contributed by atoms with van der Waals surface area (Å²) in [5.41, 5.74) is 2.73. The molecule has 2 N–H and O–H groups in total. The van der Waals surface area contributed by atoms with Crippen LogP contribution in [0, 0.1) is 19.7 Å². The number of carbonyl (C=O) groups excluding carboxylic acids is 3. The number of para-hydroxylation sites is 1. The highest BCUT2D eigenvalue weighted by Crippen LogP contribution is 2.32. The Balaban J connectivity index is 1.51. The van der Waals surface area contributed by atoms with Crippen LogP contribution in [0.25, 0.3) is 0 Å². The van der Waals surface area contributed by atoms with Gasteiger partial charge in [0.05, 0.1) is 16.4 Å². The lowest BCUT2D eigenvalue weighted by Gasteiger charge is -2.15. The number of carbonyl (C=O) groups is 3. The normalized spacial score (nSPS) is 13.5. The fraction of sp³-hybridized carbons (Fsp3) is 0.0800. The molecular weight excluding hydrogens is 480 g/mol. The Bertz CT molecular complexity index is 1350. The zero-order valence-corrected chi connectivity index (χ0v) is 19.6. The Morgan fingerprint density at radius 3 is 2.26 bits per heavy atom. The van der Waals surface area contributed by atoms with E-state index in [9.17, 15) is 18.8 Å². The number of benzene rings is 3. The topological polar surface area (TPSA) is 78.5 Å². The Kier molecular flexibility index (Phi) is 6.41. The highest BCUT2D eigenvalue weighted by Gasteiger charge is 2.40. The standard InChI is InChI=1S/C25H18Cl2FN3O3/c1-13-11-14(2)21(17(26)12-13)30-23(32)15-7-9-16(10-8-15)29-22-20(27)24(33)31(25(22)34)19-6-4-3-5-18(19)28/h3-12,29H,1-2H3,(H,30,32). The summed E-state index contributed by atoms with van der Waals surface area (Å²) >= 11 is 12.4. The van der Waals surface area contributed by atoms with Gasteiger partial charge in [0.15, 0.2) is 0 Å². The van der Waals surface area contributed by atoms with E-state index in [1.165, 1.54) is 18.2 Å². The number of rotatable bonds is 5. The first-order chi connectivity index (χ1) is 16.2. The van der Waals surface area contributed by atoms with Gasteiger partial charge in [-0.15, -0.1) is 0 Å². The number of aryl methyl sites for hydroxylation is 2. The van der Waals surface area contributed by atoms with Crippen LogP contribution in [-0.2, 0) is 9.59 Å². The lowest BCUT2D eigenvalue weighted by molar-refractivity contribution is -0.120. The van der Waals surface area contributed by atoms with Crippen LogP contribution in [0.5, 0.6) is 0 Å². The van der Waals surface area contributed by atoms with Gasteiger partial charge in [0.2, 0.25) is 0 Å². The largest absolute Gasteiger partial charge is 0.350 e. The molecule has 0 atom stereocenters. The number of imide groups is 1. The number of hydrogen-bond donors (Lipinski definition) is 2. The molecule has 1 aliphatic heterocycles. The second kappa shape index (κ2) is 9.29. The van der Waals surface area contributed by atoms with Crippen LogP contribution in [0.1, 0.15) is 21.5 Å². The molecule has 34 heavy (non-hydrogen) atoms. The van der Waals surface area contributed by atoms with Crippen molar-refractivity contribution in [1.29, 1.82) is 0 Å². The van der Waals surface area contributed by atoms with E-state index >= 15 is 0 Å². The molecule has 0 aromatic heterocycles. The van der Waals surface area contributed by atoms with Gasteiger partial charge in [0, 0.05) is 11.3 Å². The molecule has 0 unspecified atom stereocenters. The maximum absolute atomic E-state index is 14.1. The molecule has 3 amide bonds. The third-order valence-corrected chi connectivity index (χ3v) is 5.86. The summed E-state index contributed by atoms with van der Waals surface area (Å²) in [6.07, 6.45) is 0. The smallest absolute Gasteiger partial charge is 0.283 e. The van der Waals surface area contributed by atoms with Gasteiger partial charge in [-0.1, -0.05) is 41.4 Å². The molecule has 1 heterocycles. The van der Waals surface area contributed by atoms with Crippen LogP contribution < -0.4 is 15.5 Å². The van der Waals surface area contributed by atoms with E-state index < -0.39 is 17.6 Å². The highest BCUT2D eigenvalue weighted by molar-refractivity contribution is 6.53. The Hall–Kier alpha value is -3.68. The summed E-state index contributed by atoms with van der Waals surface area (Å²) in [7, 11) is 0. The number of nitrogens with one attached hydrogen (secondary N) is 2. The van der Waals surface area contributed by atoms with Gasteiger partial charge in [-0.3, -0.25) is 14.4 Å². The number of hydrogen-bond acceptors (Lipinski definition) is 4. The first-order valence-corrected chi connectivity index (χ1v) is 10.9. The van der Waals surface area contributed by atoms with Crippen molar-refractivity contribution < 1.29 is 18.8 Å². The van der Waals surface area contributed by atoms with Gasteiger partial charge in [-0.25, -0.2) is 9.29 Å². The zero-order chi connectivity index (χ0) is 24.6. The summed E-state index contributed by atoms with van der Waals surface area (Å²) in [5, 5.41) is 5.67. The molecule has 0 bridgehead atoms. The summed E-state index contributed by atoms with van der Waals surface area (Å²) < 4.78 is 14.1. The molecule has 0 saturated heterocycles. The average molecular weight is 498 g/mol. The first-order valence-electron chi connectivity index (χ1n) is 10.2. The molecule has 0 spiro atoms. The van der Waals surface area contributed by atoms with Crippen LogP contribution >= 0.6 is 23.2 Å². The number of anilines is 3. The van der Waals surface area contributed by atoms with Gasteiger partial charge in [0.25, 0.3) is 17.7 Å². The van der Waals surface area contributed by atoms with Crippen molar-refractivity contribution in [2.75, 3.05) is 15.5 Å². The summed E-state index contributed by atoms with van der Waals surface area (Å²) in [4.78, 5) is 38.7. The third kappa shape index (κ3) is 4.40. The van der Waals surface area contributed by atoms with Gasteiger partial charge >= 0.3 is 0 Å². The molecule has 3 aromatic carbocycles. The molecule has 172 valence electrons. The summed E-state index contributed by atoms with van der Waals surface area (Å²) in [6, 6.07) is 15.3. The van der Waals surface area contributed by atoms with E-state index in [1.807, 2.05) is 19.9 Å². The predicted molar refractivity (Wildman–Crippen MR) is 131 cm³/mol. The molecular formula is C25H18Cl2FN3O3. The van der Waals surface area contributed by atoms with Crippen molar-refractivity contribution in [2.45, 2.75) is 13.8 Å². The minimum atomic E-state index is -0.833. The number of halogens is 3. The van der Waals surface area contributed by atoms with Crippen LogP contribution in [0.2, 0.25) is 5.02 Å². The maximum atomic E-state index is 14.1. The molecule has 0 saturated carbocycles. The number of amides is 3. The Labute approximate surface area is 205 Å². The molecule has 1 aliphatic rings. The second-order valence-electron chi connectivity index (χ2n) is 7.68. The average Bonchev–Trinajstić information content (AvgIpc) is 3.00. The van der Waals surface area contributed by atoms with E-state index in [1.54, 1.807) is 30.3 Å². The van der Waals surface area contributed by atoms with Gasteiger partial charge in [0.1, 0.15) is 16.5 Å². The summed E-state index contributed by atoms with van der Waals surface area (Å²) in [5.74, 6) is -2.71. The fourth-order valence-corrected chi connectivity index (χ4v) is 4.15. The van der Waals surface area contributed by atoms with Crippen molar-refractivity contribution in [2.24, 2.45) is 0 Å². The fourth-order valence-electron chi connectivity index (χ4n) is 3.57. The summed E-state index contributed by atoms with van der Waals surface area (Å²) in [6.45, 7) is 3.76. The van der Waals surface area contributed by atoms with Crippen LogP contribution in [0.15, 0.2) is 71.4 Å². The van der Waals surface area contributed by atoms with Crippen molar-refractivity contribution in [1.82, 2.24) is 0 Å². The molecule has 9 heteroatoms. The molecule has 6 nitrogen and oxygen atoms in total. The highest BCUT2D eigenvalue weighted by atomic mass is 35.5. The Morgan fingerprint density at radius 2 is 1.62 bits per heavy atom. The van der Waals surface area contributed by atoms with Crippen LogP contribution in [0.4, 0.5) is 21.5 Å². The molecule has 4 rings (SSSR count). The van der Waals surface area contributed by atoms with Crippen molar-refractivity contribution in [3.05, 3.63) is 98.9 Å². The van der Waals surface area contributed by atoms with Crippen LogP contribution in [-0.4, -0.2) is 17.7 Å². The van der Waals surface area contributed by atoms with E-state index in [-0.39, 0.29) is 22.3 Å². The van der Waals surface area contributed by atoms with Gasteiger partial charge in [-0.2, -0.15) is 0 Å². The van der Waals surface area contributed by atoms with Crippen molar-refractivity contribution in [3.63, 3.8) is 0 Å². The third-order valence-electron chi connectivity index (χ3n) is 5.21. The van der Waals surface area contributed by atoms with E-state index in [4.69, 9.17) is 23.2 Å². The first kappa shape index (κ1) is 23.5. The van der Waals surface area contributed by atoms with Gasteiger partial charge < -0.3 is 10.6 Å². The zero-order valence-electron chi connectivity index (χ0n) is 18.1. The van der Waals surface area contributed by atoms with Crippen molar-refractivity contribution in [3.8, 4) is 0 Å².